The van der Waals surface area contributed by atoms with Gasteiger partial charge in [-0.25, -0.2) is 0 Å². The zero-order chi connectivity index (χ0) is 31.8. The zero-order valence-electron chi connectivity index (χ0n) is 23.4. The number of rotatable bonds is 10. The fourth-order valence-electron chi connectivity index (χ4n) is 5.08. The molecule has 228 valence electrons. The number of fused-ring (bicyclic) bond motifs is 1. The molecule has 0 aliphatic carbocycles. The molecule has 0 atom stereocenters. The van der Waals surface area contributed by atoms with Crippen molar-refractivity contribution >= 4 is 51.5 Å². The number of aromatic nitrogens is 4. The summed E-state index contributed by atoms with van der Waals surface area (Å²) in [6.07, 6.45) is -4.14. The van der Waals surface area contributed by atoms with Crippen LogP contribution in [0.4, 0.5) is 13.2 Å². The lowest BCUT2D eigenvalue weighted by molar-refractivity contribution is -0.306. The predicted octanol–water partition coefficient (Wildman–Crippen LogP) is 4.99. The van der Waals surface area contributed by atoms with E-state index in [9.17, 15) is 32.7 Å². The molecule has 0 radical (unpaired) electrons. The van der Waals surface area contributed by atoms with Gasteiger partial charge in [-0.15, -0.1) is 21.5 Å². The number of aryl methyl sites for hydroxylation is 2. The number of alkyl halides is 3. The molecule has 3 heterocycles. The maximum absolute atomic E-state index is 14.2. The molecular formula is C30H24ClF3N5O4S-. The third-order valence-electron chi connectivity index (χ3n) is 7.00. The summed E-state index contributed by atoms with van der Waals surface area (Å²) in [7, 11) is 0. The maximum Gasteiger partial charge on any atom is 0.452 e. The maximum atomic E-state index is 14.2. The average molecular weight is 643 g/mol. The first-order valence-corrected chi connectivity index (χ1v) is 14.7. The number of carboxylic acid groups (broad SMARTS) is 1. The molecule has 0 aliphatic rings. The number of carboxylic acids is 1. The van der Waals surface area contributed by atoms with Crippen LogP contribution in [0, 0.1) is 0 Å². The number of hydrogen-bond donors (Lipinski definition) is 1. The van der Waals surface area contributed by atoms with E-state index in [1.807, 2.05) is 0 Å². The van der Waals surface area contributed by atoms with E-state index < -0.39 is 42.7 Å². The van der Waals surface area contributed by atoms with Crippen LogP contribution in [0.3, 0.4) is 0 Å². The van der Waals surface area contributed by atoms with Crippen molar-refractivity contribution in [2.24, 2.45) is 0 Å². The van der Waals surface area contributed by atoms with Crippen molar-refractivity contribution in [3.8, 4) is 5.00 Å². The lowest BCUT2D eigenvalue weighted by atomic mass is 10.0. The van der Waals surface area contributed by atoms with Crippen LogP contribution in [0.5, 0.6) is 0 Å². The molecule has 0 saturated heterocycles. The molecule has 44 heavy (non-hydrogen) atoms. The second-order valence-electron chi connectivity index (χ2n) is 9.71. The highest BCUT2D eigenvalue weighted by atomic mass is 35.5. The van der Waals surface area contributed by atoms with Crippen LogP contribution in [0.1, 0.15) is 62.3 Å². The van der Waals surface area contributed by atoms with Crippen molar-refractivity contribution in [1.29, 1.82) is 0 Å². The van der Waals surface area contributed by atoms with Gasteiger partial charge < -0.3 is 19.8 Å². The minimum Gasteiger partial charge on any atom is -0.548 e. The molecule has 0 bridgehead atoms. The predicted molar refractivity (Wildman–Crippen MR) is 156 cm³/mol. The van der Waals surface area contributed by atoms with Gasteiger partial charge in [0.25, 0.3) is 5.91 Å². The standard InChI is InChI=1S/C30H25ClF3N5O4S/c1-3-16-13-20(26(42)19-10-5-7-11-21(19)31)28(44-16)39-23(36-37-29(39)30(32,33)34)14-35-27(43)25-17(4-2)18-9-6-8-12-22(18)38(25)15-24(40)41/h5-13H,3-4,14-15H2,1-2H3,(H,35,43)(H,40,41)/p-1. The molecule has 5 aromatic rings. The van der Waals surface area contributed by atoms with E-state index in [1.54, 1.807) is 50.2 Å². The number of para-hydroxylation sites is 1. The van der Waals surface area contributed by atoms with Gasteiger partial charge in [0.05, 0.1) is 29.6 Å². The number of nitrogens with zero attached hydrogens (tertiary/aromatic N) is 4. The van der Waals surface area contributed by atoms with E-state index in [0.29, 0.717) is 34.2 Å². The minimum atomic E-state index is -4.95. The van der Waals surface area contributed by atoms with Gasteiger partial charge in [-0.05, 0) is 42.7 Å². The second kappa shape index (κ2) is 12.2. The van der Waals surface area contributed by atoms with E-state index >= 15 is 0 Å². The van der Waals surface area contributed by atoms with E-state index in [1.165, 1.54) is 22.8 Å². The first kappa shape index (κ1) is 31.0. The Morgan fingerprint density at radius 3 is 2.36 bits per heavy atom. The van der Waals surface area contributed by atoms with Gasteiger partial charge in [-0.3, -0.25) is 14.2 Å². The van der Waals surface area contributed by atoms with Crippen LogP contribution in [0.15, 0.2) is 54.6 Å². The zero-order valence-corrected chi connectivity index (χ0v) is 24.9. The van der Waals surface area contributed by atoms with E-state index in [2.05, 4.69) is 15.5 Å². The van der Waals surface area contributed by atoms with Crippen LogP contribution in [0.2, 0.25) is 5.02 Å². The molecule has 0 spiro atoms. The number of benzene rings is 2. The molecule has 14 heteroatoms. The summed E-state index contributed by atoms with van der Waals surface area (Å²) in [5.74, 6) is -4.39. The van der Waals surface area contributed by atoms with Crippen molar-refractivity contribution in [3.63, 3.8) is 0 Å². The molecule has 9 nitrogen and oxygen atoms in total. The Balaban J connectivity index is 1.59. The van der Waals surface area contributed by atoms with E-state index in [0.717, 1.165) is 15.9 Å². The molecule has 1 amide bonds. The summed E-state index contributed by atoms with van der Waals surface area (Å²) in [4.78, 5) is 39.4. The third-order valence-corrected chi connectivity index (χ3v) is 8.59. The fraction of sp³-hybridized carbons (Fsp3) is 0.233. The van der Waals surface area contributed by atoms with Gasteiger partial charge in [0.15, 0.2) is 11.6 Å². The molecule has 0 fully saturated rings. The Bertz CT molecular complexity index is 1910. The first-order chi connectivity index (χ1) is 21.0. The Kier molecular flexibility index (Phi) is 8.62. The Morgan fingerprint density at radius 1 is 1.00 bits per heavy atom. The van der Waals surface area contributed by atoms with Gasteiger partial charge in [0, 0.05) is 21.3 Å². The summed E-state index contributed by atoms with van der Waals surface area (Å²) in [6, 6.07) is 14.6. The number of ketones is 1. The second-order valence-corrected chi connectivity index (χ2v) is 11.2. The number of carbonyl (C=O) groups is 3. The summed E-state index contributed by atoms with van der Waals surface area (Å²) >= 11 is 7.21. The third kappa shape index (κ3) is 5.72. The summed E-state index contributed by atoms with van der Waals surface area (Å²) in [5, 5.41) is 22.0. The average Bonchev–Trinajstić information content (AvgIpc) is 3.69. The number of halogens is 4. The fourth-order valence-corrected chi connectivity index (χ4v) is 6.42. The van der Waals surface area contributed by atoms with Crippen LogP contribution in [-0.4, -0.2) is 37.0 Å². The molecule has 0 aliphatic heterocycles. The number of aliphatic carboxylic acids is 1. The quantitative estimate of drug-likeness (QED) is 0.214. The van der Waals surface area contributed by atoms with Crippen LogP contribution in [0.25, 0.3) is 15.9 Å². The molecule has 0 saturated carbocycles. The number of thiophene rings is 1. The van der Waals surface area contributed by atoms with Gasteiger partial charge in [0.1, 0.15) is 10.7 Å². The number of nitrogens with one attached hydrogen (secondary N) is 1. The highest BCUT2D eigenvalue weighted by Gasteiger charge is 2.40. The van der Waals surface area contributed by atoms with Crippen molar-refractivity contribution in [1.82, 2.24) is 24.6 Å². The van der Waals surface area contributed by atoms with Gasteiger partial charge >= 0.3 is 6.18 Å². The monoisotopic (exact) mass is 642 g/mol. The van der Waals surface area contributed by atoms with Crippen molar-refractivity contribution in [2.45, 2.75) is 46.0 Å². The summed E-state index contributed by atoms with van der Waals surface area (Å²) in [5.41, 5.74) is 1.18. The molecule has 1 N–H and O–H groups in total. The molecule has 2 aromatic carbocycles. The molecular weight excluding hydrogens is 619 g/mol. The van der Waals surface area contributed by atoms with Crippen LogP contribution < -0.4 is 10.4 Å². The molecule has 0 unspecified atom stereocenters. The highest BCUT2D eigenvalue weighted by molar-refractivity contribution is 7.15. The normalized spacial score (nSPS) is 11.7. The Hall–Kier alpha value is -4.49. The Morgan fingerprint density at radius 2 is 1.70 bits per heavy atom. The molecule has 3 aromatic heterocycles. The SMILES string of the molecule is CCc1cc(C(=O)c2ccccc2Cl)c(-n2c(CNC(=O)c3c(CC)c4ccccc4n3CC(=O)[O-])nnc2C(F)(F)F)s1. The number of hydrogen-bond acceptors (Lipinski definition) is 7. The van der Waals surface area contributed by atoms with Gasteiger partial charge in [-0.2, -0.15) is 13.2 Å². The van der Waals surface area contributed by atoms with Crippen molar-refractivity contribution < 1.29 is 32.7 Å². The largest absolute Gasteiger partial charge is 0.548 e. The number of amides is 1. The van der Waals surface area contributed by atoms with Crippen LogP contribution in [-0.2, 0) is 36.9 Å². The van der Waals surface area contributed by atoms with E-state index in [-0.39, 0.29) is 32.7 Å². The smallest absolute Gasteiger partial charge is 0.452 e. The number of carbonyl (C=O) groups excluding carboxylic acids is 3. The topological polar surface area (TPSA) is 122 Å². The summed E-state index contributed by atoms with van der Waals surface area (Å²) in [6.45, 7) is 2.47. The lowest BCUT2D eigenvalue weighted by Gasteiger charge is -2.15. The summed E-state index contributed by atoms with van der Waals surface area (Å²) < 4.78 is 44.7. The lowest BCUT2D eigenvalue weighted by Crippen LogP contribution is -2.32. The molecule has 5 rings (SSSR count). The Labute approximate surface area is 257 Å². The van der Waals surface area contributed by atoms with Gasteiger partial charge in [-0.1, -0.05) is 55.8 Å². The first-order valence-electron chi connectivity index (χ1n) is 13.5. The van der Waals surface area contributed by atoms with Crippen LogP contribution >= 0.6 is 22.9 Å². The van der Waals surface area contributed by atoms with E-state index in [4.69, 9.17) is 11.6 Å². The minimum absolute atomic E-state index is 0.0276. The highest BCUT2D eigenvalue weighted by Crippen LogP contribution is 2.37. The van der Waals surface area contributed by atoms with Crippen molar-refractivity contribution in [2.75, 3.05) is 0 Å². The van der Waals surface area contributed by atoms with Gasteiger partial charge in [0.2, 0.25) is 5.82 Å². The van der Waals surface area contributed by atoms with Crippen molar-refractivity contribution in [3.05, 3.63) is 98.5 Å².